The van der Waals surface area contributed by atoms with E-state index in [2.05, 4.69) is 38.8 Å². The lowest BCUT2D eigenvalue weighted by atomic mass is 9.91. The van der Waals surface area contributed by atoms with Gasteiger partial charge in [-0.3, -0.25) is 14.8 Å². The number of aromatic nitrogens is 3. The van der Waals surface area contributed by atoms with Gasteiger partial charge in [-0.1, -0.05) is 0 Å². The molecule has 3 aliphatic rings. The monoisotopic (exact) mass is 510 g/mol. The Hall–Kier alpha value is -3.57. The predicted molar refractivity (Wildman–Crippen MR) is 146 cm³/mol. The minimum absolute atomic E-state index is 0.157. The highest BCUT2D eigenvalue weighted by molar-refractivity contribution is 5.96. The summed E-state index contributed by atoms with van der Waals surface area (Å²) < 4.78 is 5.16. The first-order valence-corrected chi connectivity index (χ1v) is 13.7. The Morgan fingerprint density at radius 3 is 2.71 bits per heavy atom. The standard InChI is InChI=1S/C30H34N6O2/c1-18-14-23(22-8-10-32-16-25(22)33-18)28-19(2)24(15-31)30(34-29(28)21-6-7-21)35-11-12-36(27(37)9-13-38-3)26(17-35)20-4-5-20/h8,10,14,16,20-21,26H,4-7,9,11-13,17H2,1-3H3/t26-/m0/s1. The van der Waals surface area contributed by atoms with Crippen LogP contribution in [-0.2, 0) is 9.53 Å². The summed E-state index contributed by atoms with van der Waals surface area (Å²) in [6, 6.07) is 6.80. The number of methoxy groups -OCH3 is 1. The van der Waals surface area contributed by atoms with Gasteiger partial charge in [0.25, 0.3) is 0 Å². The van der Waals surface area contributed by atoms with E-state index >= 15 is 0 Å². The van der Waals surface area contributed by atoms with Crippen molar-refractivity contribution in [3.63, 3.8) is 0 Å². The molecule has 3 fully saturated rings. The summed E-state index contributed by atoms with van der Waals surface area (Å²) in [5.41, 5.74) is 6.62. The third-order valence-corrected chi connectivity index (χ3v) is 8.27. The molecule has 3 aromatic heterocycles. The second-order valence-electron chi connectivity index (χ2n) is 11.0. The molecule has 0 aromatic carbocycles. The van der Waals surface area contributed by atoms with Crippen LogP contribution in [0.25, 0.3) is 22.0 Å². The zero-order valence-electron chi connectivity index (χ0n) is 22.4. The maximum Gasteiger partial charge on any atom is 0.225 e. The Morgan fingerprint density at radius 2 is 2.00 bits per heavy atom. The third-order valence-electron chi connectivity index (χ3n) is 8.27. The molecule has 0 radical (unpaired) electrons. The fourth-order valence-electron chi connectivity index (χ4n) is 6.01. The molecule has 1 amide bonds. The fourth-order valence-corrected chi connectivity index (χ4v) is 6.01. The zero-order valence-corrected chi connectivity index (χ0v) is 22.4. The van der Waals surface area contributed by atoms with Crippen LogP contribution in [0.2, 0.25) is 0 Å². The molecular formula is C30H34N6O2. The van der Waals surface area contributed by atoms with Crippen molar-refractivity contribution in [1.29, 1.82) is 5.26 Å². The number of piperazine rings is 1. The van der Waals surface area contributed by atoms with Crippen LogP contribution in [0.5, 0.6) is 0 Å². The van der Waals surface area contributed by atoms with E-state index in [0.29, 0.717) is 43.5 Å². The molecule has 3 aromatic rings. The van der Waals surface area contributed by atoms with E-state index in [0.717, 1.165) is 77.0 Å². The largest absolute Gasteiger partial charge is 0.384 e. The number of carbonyl (C=O) groups excluding carboxylic acids is 1. The SMILES string of the molecule is COCCC(=O)N1CCN(c2nc(C3CC3)c(-c3cc(C)nc4cnccc34)c(C)c2C#N)C[C@H]1C1CC1. The number of rotatable bonds is 7. The Labute approximate surface area is 223 Å². The summed E-state index contributed by atoms with van der Waals surface area (Å²) >= 11 is 0. The van der Waals surface area contributed by atoms with Crippen molar-refractivity contribution >= 4 is 22.6 Å². The van der Waals surface area contributed by atoms with Crippen LogP contribution >= 0.6 is 0 Å². The highest BCUT2D eigenvalue weighted by Gasteiger charge is 2.42. The Bertz CT molecular complexity index is 1440. The lowest BCUT2D eigenvalue weighted by Gasteiger charge is -2.43. The lowest BCUT2D eigenvalue weighted by Crippen LogP contribution is -2.56. The van der Waals surface area contributed by atoms with E-state index in [4.69, 9.17) is 9.72 Å². The summed E-state index contributed by atoms with van der Waals surface area (Å²) in [6.07, 6.45) is 8.54. The van der Waals surface area contributed by atoms with Gasteiger partial charge >= 0.3 is 0 Å². The van der Waals surface area contributed by atoms with Crippen molar-refractivity contribution in [2.75, 3.05) is 38.3 Å². The highest BCUT2D eigenvalue weighted by atomic mass is 16.5. The minimum Gasteiger partial charge on any atom is -0.384 e. The molecule has 8 nitrogen and oxygen atoms in total. The number of anilines is 1. The number of hydrogen-bond donors (Lipinski definition) is 0. The molecule has 0 spiro atoms. The summed E-state index contributed by atoms with van der Waals surface area (Å²) in [6.45, 7) is 6.56. The molecule has 1 aliphatic heterocycles. The number of carbonyl (C=O) groups is 1. The van der Waals surface area contributed by atoms with E-state index < -0.39 is 0 Å². The lowest BCUT2D eigenvalue weighted by molar-refractivity contribution is -0.135. The summed E-state index contributed by atoms with van der Waals surface area (Å²) in [4.78, 5) is 31.5. The van der Waals surface area contributed by atoms with Gasteiger partial charge in [-0.05, 0) is 68.7 Å². The molecule has 0 unspecified atom stereocenters. The van der Waals surface area contributed by atoms with Crippen LogP contribution in [0.3, 0.4) is 0 Å². The van der Waals surface area contributed by atoms with Gasteiger partial charge in [0.2, 0.25) is 5.91 Å². The van der Waals surface area contributed by atoms with Crippen molar-refractivity contribution in [1.82, 2.24) is 19.9 Å². The van der Waals surface area contributed by atoms with E-state index in [1.807, 2.05) is 13.0 Å². The van der Waals surface area contributed by atoms with Gasteiger partial charge < -0.3 is 14.5 Å². The summed E-state index contributed by atoms with van der Waals surface area (Å²) in [5.74, 6) is 1.87. The van der Waals surface area contributed by atoms with Crippen LogP contribution in [0.1, 0.15) is 60.5 Å². The number of amides is 1. The van der Waals surface area contributed by atoms with E-state index in [-0.39, 0.29) is 11.9 Å². The Balaban J connectivity index is 1.42. The first kappa shape index (κ1) is 24.7. The van der Waals surface area contributed by atoms with Crippen LogP contribution in [-0.4, -0.2) is 65.2 Å². The Kier molecular flexibility index (Phi) is 6.48. The van der Waals surface area contributed by atoms with Crippen molar-refractivity contribution in [3.05, 3.63) is 47.0 Å². The minimum atomic E-state index is 0.157. The van der Waals surface area contributed by atoms with Gasteiger partial charge in [-0.2, -0.15) is 5.26 Å². The van der Waals surface area contributed by atoms with E-state index in [9.17, 15) is 10.1 Å². The highest BCUT2D eigenvalue weighted by Crippen LogP contribution is 2.48. The second kappa shape index (κ2) is 9.95. The first-order valence-electron chi connectivity index (χ1n) is 13.7. The second-order valence-corrected chi connectivity index (χ2v) is 11.0. The summed E-state index contributed by atoms with van der Waals surface area (Å²) in [7, 11) is 1.63. The molecule has 2 saturated carbocycles. The predicted octanol–water partition coefficient (Wildman–Crippen LogP) is 4.52. The molecule has 4 heterocycles. The van der Waals surface area contributed by atoms with Crippen LogP contribution in [0.4, 0.5) is 5.82 Å². The van der Waals surface area contributed by atoms with E-state index in [1.165, 1.54) is 0 Å². The molecule has 1 atom stereocenters. The van der Waals surface area contributed by atoms with Crippen LogP contribution < -0.4 is 4.90 Å². The average molecular weight is 511 g/mol. The third kappa shape index (κ3) is 4.49. The molecule has 1 saturated heterocycles. The Morgan fingerprint density at radius 1 is 1.18 bits per heavy atom. The molecule has 38 heavy (non-hydrogen) atoms. The topological polar surface area (TPSA) is 95.2 Å². The number of aryl methyl sites for hydroxylation is 1. The van der Waals surface area contributed by atoms with Gasteiger partial charge in [0.15, 0.2) is 0 Å². The smallest absolute Gasteiger partial charge is 0.225 e. The molecule has 0 N–H and O–H groups in total. The van der Waals surface area contributed by atoms with Crippen molar-refractivity contribution in [2.24, 2.45) is 5.92 Å². The average Bonchev–Trinajstić information content (AvgIpc) is 3.84. The van der Waals surface area contributed by atoms with Gasteiger partial charge in [-0.25, -0.2) is 4.98 Å². The van der Waals surface area contributed by atoms with Gasteiger partial charge in [-0.15, -0.1) is 0 Å². The normalized spacial score (nSPS) is 19.6. The van der Waals surface area contributed by atoms with Gasteiger partial charge in [0.1, 0.15) is 11.9 Å². The molecular weight excluding hydrogens is 476 g/mol. The zero-order chi connectivity index (χ0) is 26.4. The summed E-state index contributed by atoms with van der Waals surface area (Å²) in [5, 5.41) is 11.5. The van der Waals surface area contributed by atoms with Crippen LogP contribution in [0.15, 0.2) is 24.5 Å². The number of hydrogen-bond acceptors (Lipinski definition) is 7. The number of fused-ring (bicyclic) bond motifs is 1. The van der Waals surface area contributed by atoms with Gasteiger partial charge in [0, 0.05) is 55.5 Å². The van der Waals surface area contributed by atoms with Crippen LogP contribution in [0, 0.1) is 31.1 Å². The number of nitrogens with zero attached hydrogens (tertiary/aromatic N) is 6. The molecule has 8 heteroatoms. The quantitative estimate of drug-likeness (QED) is 0.461. The maximum absolute atomic E-state index is 13.0. The number of pyridine rings is 3. The first-order chi connectivity index (χ1) is 18.5. The van der Waals surface area contributed by atoms with Gasteiger partial charge in [0.05, 0.1) is 42.0 Å². The fraction of sp³-hybridized carbons (Fsp3) is 0.500. The molecule has 6 rings (SSSR count). The molecule has 196 valence electrons. The maximum atomic E-state index is 13.0. The van der Waals surface area contributed by atoms with Crippen molar-refractivity contribution < 1.29 is 9.53 Å². The van der Waals surface area contributed by atoms with E-state index in [1.54, 1.807) is 19.5 Å². The van der Waals surface area contributed by atoms with Crippen molar-refractivity contribution in [3.8, 4) is 17.2 Å². The molecule has 2 aliphatic carbocycles. The molecule has 0 bridgehead atoms. The number of nitriles is 1. The van der Waals surface area contributed by atoms with Crippen molar-refractivity contribution in [2.45, 2.75) is 57.9 Å². The number of ether oxygens (including phenoxy) is 1.